The molecule has 0 saturated carbocycles. The third-order valence-electron chi connectivity index (χ3n) is 3.16. The van der Waals surface area contributed by atoms with E-state index in [1.54, 1.807) is 13.0 Å². The van der Waals surface area contributed by atoms with Crippen LogP contribution in [0.2, 0.25) is 5.02 Å². The van der Waals surface area contributed by atoms with E-state index in [4.69, 9.17) is 16.3 Å². The van der Waals surface area contributed by atoms with E-state index in [2.05, 4.69) is 0 Å². The van der Waals surface area contributed by atoms with Crippen LogP contribution in [0.3, 0.4) is 0 Å². The molecule has 0 atom stereocenters. The van der Waals surface area contributed by atoms with Gasteiger partial charge >= 0.3 is 0 Å². The summed E-state index contributed by atoms with van der Waals surface area (Å²) in [6.45, 7) is 4.04. The standard InChI is InChI=1S/C13H14ClFO2/c1-8-3-11(14)10(4-12(8)15)13(5-9(2)16)6-17-7-13/h3-4H,5-7H2,1-2H3. The Balaban J connectivity index is 2.44. The molecule has 1 saturated heterocycles. The van der Waals surface area contributed by atoms with Crippen molar-refractivity contribution in [2.24, 2.45) is 0 Å². The van der Waals surface area contributed by atoms with E-state index in [1.807, 2.05) is 0 Å². The van der Waals surface area contributed by atoms with E-state index in [1.165, 1.54) is 13.0 Å². The van der Waals surface area contributed by atoms with Gasteiger partial charge in [0.15, 0.2) is 0 Å². The summed E-state index contributed by atoms with van der Waals surface area (Å²) in [4.78, 5) is 11.3. The molecular weight excluding hydrogens is 243 g/mol. The first-order valence-corrected chi connectivity index (χ1v) is 5.86. The lowest BCUT2D eigenvalue weighted by Gasteiger charge is -2.42. The fraction of sp³-hybridized carbons (Fsp3) is 0.462. The first-order valence-electron chi connectivity index (χ1n) is 5.48. The molecule has 1 aromatic rings. The van der Waals surface area contributed by atoms with Gasteiger partial charge in [0.05, 0.1) is 18.6 Å². The van der Waals surface area contributed by atoms with Crippen molar-refractivity contribution in [1.82, 2.24) is 0 Å². The van der Waals surface area contributed by atoms with Gasteiger partial charge in [-0.15, -0.1) is 0 Å². The highest BCUT2D eigenvalue weighted by molar-refractivity contribution is 6.31. The average molecular weight is 257 g/mol. The van der Waals surface area contributed by atoms with Crippen LogP contribution >= 0.6 is 11.6 Å². The summed E-state index contributed by atoms with van der Waals surface area (Å²) in [5, 5.41) is 0.508. The van der Waals surface area contributed by atoms with Gasteiger partial charge in [0.2, 0.25) is 0 Å². The number of hydrogen-bond donors (Lipinski definition) is 0. The molecule has 1 heterocycles. The molecule has 0 aliphatic carbocycles. The Kier molecular flexibility index (Phi) is 3.23. The fourth-order valence-corrected chi connectivity index (χ4v) is 2.65. The Morgan fingerprint density at radius 3 is 2.65 bits per heavy atom. The van der Waals surface area contributed by atoms with Crippen molar-refractivity contribution in [3.05, 3.63) is 34.1 Å². The van der Waals surface area contributed by atoms with Gasteiger partial charge in [0.25, 0.3) is 0 Å². The van der Waals surface area contributed by atoms with E-state index in [9.17, 15) is 9.18 Å². The van der Waals surface area contributed by atoms with Crippen LogP contribution < -0.4 is 0 Å². The number of ether oxygens (including phenoxy) is 1. The molecule has 0 spiro atoms. The second-order valence-electron chi connectivity index (χ2n) is 4.73. The minimum Gasteiger partial charge on any atom is -0.379 e. The van der Waals surface area contributed by atoms with Crippen molar-refractivity contribution in [3.63, 3.8) is 0 Å². The van der Waals surface area contributed by atoms with Gasteiger partial charge in [0, 0.05) is 11.4 Å². The lowest BCUT2D eigenvalue weighted by atomic mass is 9.74. The minimum atomic E-state index is -0.433. The third kappa shape index (κ3) is 2.22. The molecule has 0 bridgehead atoms. The summed E-state index contributed by atoms with van der Waals surface area (Å²) in [6, 6.07) is 3.04. The number of hydrogen-bond acceptors (Lipinski definition) is 2. The Hall–Kier alpha value is -0.930. The van der Waals surface area contributed by atoms with Crippen molar-refractivity contribution < 1.29 is 13.9 Å². The number of rotatable bonds is 3. The van der Waals surface area contributed by atoms with Crippen LogP contribution in [0.15, 0.2) is 12.1 Å². The molecule has 17 heavy (non-hydrogen) atoms. The van der Waals surface area contributed by atoms with Crippen molar-refractivity contribution >= 4 is 17.4 Å². The average Bonchev–Trinajstić information content (AvgIpc) is 2.17. The highest BCUT2D eigenvalue weighted by Gasteiger charge is 2.43. The van der Waals surface area contributed by atoms with E-state index >= 15 is 0 Å². The summed E-state index contributed by atoms with van der Waals surface area (Å²) in [6.07, 6.45) is 0.342. The van der Waals surface area contributed by atoms with Crippen LogP contribution in [-0.4, -0.2) is 19.0 Å². The van der Waals surface area contributed by atoms with E-state index < -0.39 is 5.41 Å². The third-order valence-corrected chi connectivity index (χ3v) is 3.48. The van der Waals surface area contributed by atoms with Crippen LogP contribution in [0.1, 0.15) is 24.5 Å². The molecule has 0 aromatic heterocycles. The van der Waals surface area contributed by atoms with Gasteiger partial charge in [0.1, 0.15) is 11.6 Å². The normalized spacial score (nSPS) is 17.6. The Morgan fingerprint density at radius 1 is 1.53 bits per heavy atom. The Labute approximate surface area is 105 Å². The molecule has 1 aliphatic heterocycles. The van der Waals surface area contributed by atoms with Crippen LogP contribution in [0.5, 0.6) is 0 Å². The molecule has 0 radical (unpaired) electrons. The first-order chi connectivity index (χ1) is 7.94. The summed E-state index contributed by atoms with van der Waals surface area (Å²) in [5.41, 5.74) is 0.762. The van der Waals surface area contributed by atoms with Gasteiger partial charge in [-0.05, 0) is 37.1 Å². The zero-order valence-electron chi connectivity index (χ0n) is 9.85. The second kappa shape index (κ2) is 4.39. The molecule has 0 unspecified atom stereocenters. The molecule has 1 fully saturated rings. The molecule has 4 heteroatoms. The number of Topliss-reactive ketones (excluding diaryl/α,β-unsaturated/α-hetero) is 1. The molecule has 1 aromatic carbocycles. The predicted octanol–water partition coefficient (Wildman–Crippen LogP) is 3.03. The summed E-state index contributed by atoms with van der Waals surface area (Å²) >= 11 is 6.15. The summed E-state index contributed by atoms with van der Waals surface area (Å²) in [5.74, 6) is -0.232. The van der Waals surface area contributed by atoms with Crippen molar-refractivity contribution in [2.75, 3.05) is 13.2 Å². The summed E-state index contributed by atoms with van der Waals surface area (Å²) < 4.78 is 18.8. The highest BCUT2D eigenvalue weighted by Crippen LogP contribution is 2.40. The maximum atomic E-state index is 13.6. The first kappa shape index (κ1) is 12.5. The number of ketones is 1. The maximum Gasteiger partial charge on any atom is 0.130 e. The molecule has 0 N–H and O–H groups in total. The highest BCUT2D eigenvalue weighted by atomic mass is 35.5. The van der Waals surface area contributed by atoms with Crippen LogP contribution in [0, 0.1) is 12.7 Å². The zero-order valence-corrected chi connectivity index (χ0v) is 10.6. The lowest BCUT2D eigenvalue weighted by molar-refractivity contribution is -0.125. The largest absolute Gasteiger partial charge is 0.379 e. The Morgan fingerprint density at radius 2 is 2.18 bits per heavy atom. The monoisotopic (exact) mass is 256 g/mol. The van der Waals surface area contributed by atoms with Crippen molar-refractivity contribution in [3.8, 4) is 0 Å². The van der Waals surface area contributed by atoms with Gasteiger partial charge in [-0.2, -0.15) is 0 Å². The minimum absolute atomic E-state index is 0.0605. The van der Waals surface area contributed by atoms with Crippen molar-refractivity contribution in [1.29, 1.82) is 0 Å². The van der Waals surface area contributed by atoms with Crippen LogP contribution in [0.25, 0.3) is 0 Å². The maximum absolute atomic E-state index is 13.6. The molecular formula is C13H14ClFO2. The van der Waals surface area contributed by atoms with E-state index in [-0.39, 0.29) is 11.6 Å². The second-order valence-corrected chi connectivity index (χ2v) is 5.14. The number of halogens is 2. The van der Waals surface area contributed by atoms with Gasteiger partial charge in [-0.1, -0.05) is 11.6 Å². The quantitative estimate of drug-likeness (QED) is 0.831. The van der Waals surface area contributed by atoms with E-state index in [0.29, 0.717) is 35.8 Å². The predicted molar refractivity (Wildman–Crippen MR) is 63.9 cm³/mol. The van der Waals surface area contributed by atoms with E-state index in [0.717, 1.165) is 0 Å². The lowest BCUT2D eigenvalue weighted by Crippen LogP contribution is -2.48. The topological polar surface area (TPSA) is 26.3 Å². The van der Waals surface area contributed by atoms with Crippen LogP contribution in [0.4, 0.5) is 4.39 Å². The molecule has 2 rings (SSSR count). The Bertz CT molecular complexity index is 467. The van der Waals surface area contributed by atoms with Gasteiger partial charge in [-0.25, -0.2) is 4.39 Å². The van der Waals surface area contributed by atoms with Gasteiger partial charge in [-0.3, -0.25) is 4.79 Å². The number of carbonyl (C=O) groups excluding carboxylic acids is 1. The zero-order chi connectivity index (χ0) is 12.6. The number of carbonyl (C=O) groups is 1. The molecule has 2 nitrogen and oxygen atoms in total. The molecule has 1 aliphatic rings. The molecule has 92 valence electrons. The smallest absolute Gasteiger partial charge is 0.130 e. The number of benzene rings is 1. The number of aryl methyl sites for hydroxylation is 1. The molecule has 0 amide bonds. The van der Waals surface area contributed by atoms with Crippen molar-refractivity contribution in [2.45, 2.75) is 25.7 Å². The van der Waals surface area contributed by atoms with Crippen LogP contribution in [-0.2, 0) is 14.9 Å². The SMILES string of the molecule is CC(=O)CC1(c2cc(F)c(C)cc2Cl)COC1. The fourth-order valence-electron chi connectivity index (χ4n) is 2.23. The van der Waals surface area contributed by atoms with Gasteiger partial charge < -0.3 is 4.74 Å². The summed E-state index contributed by atoms with van der Waals surface area (Å²) in [7, 11) is 0.